The first kappa shape index (κ1) is 17.0. The number of carboxylic acid groups (broad SMARTS) is 1. The Kier molecular flexibility index (Phi) is 6.68. The minimum atomic E-state index is -0.955. The summed E-state index contributed by atoms with van der Waals surface area (Å²) in [7, 11) is 5.11. The van der Waals surface area contributed by atoms with Crippen molar-refractivity contribution in [2.45, 2.75) is 13.0 Å². The Hall–Kier alpha value is -2.08. The zero-order valence-electron chi connectivity index (χ0n) is 12.7. The van der Waals surface area contributed by atoms with Crippen molar-refractivity contribution in [3.05, 3.63) is 35.4 Å². The van der Waals surface area contributed by atoms with Crippen LogP contribution in [0.4, 0.5) is 4.79 Å². The highest BCUT2D eigenvalue weighted by Crippen LogP contribution is 2.08. The lowest BCUT2D eigenvalue weighted by Gasteiger charge is -2.25. The second kappa shape index (κ2) is 8.26. The lowest BCUT2D eigenvalue weighted by Crippen LogP contribution is -2.39. The standard InChI is InChI=1S/C15H22N2O4/c1-16(9-4-10-21-3)15(20)17(2)11-12-5-7-13(8-6-12)14(18)19/h5-8H,4,9-11H2,1-3H3,(H,18,19). The van der Waals surface area contributed by atoms with E-state index in [9.17, 15) is 9.59 Å². The first-order valence-electron chi connectivity index (χ1n) is 6.73. The molecule has 0 aromatic heterocycles. The number of rotatable bonds is 7. The van der Waals surface area contributed by atoms with Gasteiger partial charge in [-0.2, -0.15) is 0 Å². The third-order valence-corrected chi connectivity index (χ3v) is 3.12. The van der Waals surface area contributed by atoms with E-state index < -0.39 is 5.97 Å². The van der Waals surface area contributed by atoms with Crippen LogP contribution in [0.5, 0.6) is 0 Å². The lowest BCUT2D eigenvalue weighted by molar-refractivity contribution is 0.0696. The fourth-order valence-electron chi connectivity index (χ4n) is 1.93. The van der Waals surface area contributed by atoms with Crippen molar-refractivity contribution in [1.82, 2.24) is 9.80 Å². The highest BCUT2D eigenvalue weighted by molar-refractivity contribution is 5.87. The summed E-state index contributed by atoms with van der Waals surface area (Å²) in [5, 5.41) is 8.84. The highest BCUT2D eigenvalue weighted by Gasteiger charge is 2.14. The molecule has 0 atom stereocenters. The van der Waals surface area contributed by atoms with Crippen LogP contribution in [0.2, 0.25) is 0 Å². The minimum Gasteiger partial charge on any atom is -0.478 e. The Morgan fingerprint density at radius 2 is 1.76 bits per heavy atom. The van der Waals surface area contributed by atoms with Gasteiger partial charge >= 0.3 is 12.0 Å². The first-order valence-corrected chi connectivity index (χ1v) is 6.73. The van der Waals surface area contributed by atoms with E-state index in [1.54, 1.807) is 43.1 Å². The number of carbonyl (C=O) groups is 2. The molecule has 0 saturated heterocycles. The number of amides is 2. The van der Waals surface area contributed by atoms with Crippen LogP contribution in [0.3, 0.4) is 0 Å². The van der Waals surface area contributed by atoms with Crippen molar-refractivity contribution in [3.63, 3.8) is 0 Å². The third-order valence-electron chi connectivity index (χ3n) is 3.12. The van der Waals surface area contributed by atoms with E-state index in [4.69, 9.17) is 9.84 Å². The predicted molar refractivity (Wildman–Crippen MR) is 79.4 cm³/mol. The molecule has 0 radical (unpaired) electrons. The lowest BCUT2D eigenvalue weighted by atomic mass is 10.1. The molecule has 0 unspecified atom stereocenters. The number of methoxy groups -OCH3 is 1. The van der Waals surface area contributed by atoms with E-state index in [1.807, 2.05) is 0 Å². The Morgan fingerprint density at radius 1 is 1.14 bits per heavy atom. The Labute approximate surface area is 124 Å². The SMILES string of the molecule is COCCCN(C)C(=O)N(C)Cc1ccc(C(=O)O)cc1. The van der Waals surface area contributed by atoms with Crippen molar-refractivity contribution >= 4 is 12.0 Å². The van der Waals surface area contributed by atoms with Crippen LogP contribution >= 0.6 is 0 Å². The largest absolute Gasteiger partial charge is 0.478 e. The monoisotopic (exact) mass is 294 g/mol. The second-order valence-corrected chi connectivity index (χ2v) is 4.91. The van der Waals surface area contributed by atoms with Gasteiger partial charge in [0.05, 0.1) is 5.56 Å². The summed E-state index contributed by atoms with van der Waals surface area (Å²) in [6.07, 6.45) is 0.792. The van der Waals surface area contributed by atoms with Gasteiger partial charge in [-0.15, -0.1) is 0 Å². The van der Waals surface area contributed by atoms with E-state index in [-0.39, 0.29) is 11.6 Å². The van der Waals surface area contributed by atoms with Crippen LogP contribution in [0.1, 0.15) is 22.3 Å². The summed E-state index contributed by atoms with van der Waals surface area (Å²) < 4.78 is 4.96. The fraction of sp³-hybridized carbons (Fsp3) is 0.467. The van der Waals surface area contributed by atoms with E-state index in [1.165, 1.54) is 12.1 Å². The van der Waals surface area contributed by atoms with Gasteiger partial charge in [0, 0.05) is 40.9 Å². The van der Waals surface area contributed by atoms with E-state index in [2.05, 4.69) is 0 Å². The van der Waals surface area contributed by atoms with Crippen LogP contribution in [-0.2, 0) is 11.3 Å². The molecule has 2 amide bonds. The van der Waals surface area contributed by atoms with Crippen LogP contribution in [0, 0.1) is 0 Å². The molecule has 0 heterocycles. The van der Waals surface area contributed by atoms with E-state index in [0.717, 1.165) is 12.0 Å². The van der Waals surface area contributed by atoms with Crippen LogP contribution in [0.15, 0.2) is 24.3 Å². The average Bonchev–Trinajstić information content (AvgIpc) is 2.47. The zero-order chi connectivity index (χ0) is 15.8. The van der Waals surface area contributed by atoms with Crippen LogP contribution in [-0.4, -0.2) is 61.3 Å². The Bertz CT molecular complexity index is 473. The quantitative estimate of drug-likeness (QED) is 0.780. The molecule has 116 valence electrons. The molecule has 0 aliphatic heterocycles. The Balaban J connectivity index is 2.53. The molecule has 0 spiro atoms. The van der Waals surface area contributed by atoms with Gasteiger partial charge in [0.1, 0.15) is 0 Å². The smallest absolute Gasteiger partial charge is 0.335 e. The maximum Gasteiger partial charge on any atom is 0.335 e. The fourth-order valence-corrected chi connectivity index (χ4v) is 1.93. The molecular formula is C15H22N2O4. The molecule has 0 aliphatic carbocycles. The van der Waals surface area contributed by atoms with Crippen molar-refractivity contribution in [2.75, 3.05) is 34.4 Å². The van der Waals surface area contributed by atoms with Gasteiger partial charge in [-0.3, -0.25) is 0 Å². The predicted octanol–water partition coefficient (Wildman–Crippen LogP) is 1.90. The zero-order valence-corrected chi connectivity index (χ0v) is 12.7. The molecule has 21 heavy (non-hydrogen) atoms. The molecule has 1 aromatic rings. The molecule has 0 saturated carbocycles. The van der Waals surface area contributed by atoms with Gasteiger partial charge < -0.3 is 19.6 Å². The van der Waals surface area contributed by atoms with Gasteiger partial charge in [0.25, 0.3) is 0 Å². The molecule has 6 heteroatoms. The van der Waals surface area contributed by atoms with Crippen molar-refractivity contribution in [3.8, 4) is 0 Å². The summed E-state index contributed by atoms with van der Waals surface area (Å²) in [6, 6.07) is 6.45. The number of ether oxygens (including phenoxy) is 1. The minimum absolute atomic E-state index is 0.0755. The molecular weight excluding hydrogens is 272 g/mol. The number of aromatic carboxylic acids is 1. The molecule has 6 nitrogen and oxygen atoms in total. The Morgan fingerprint density at radius 3 is 2.29 bits per heavy atom. The average molecular weight is 294 g/mol. The number of carbonyl (C=O) groups excluding carboxylic acids is 1. The molecule has 1 aromatic carbocycles. The van der Waals surface area contributed by atoms with Crippen LogP contribution in [0.25, 0.3) is 0 Å². The maximum atomic E-state index is 12.1. The second-order valence-electron chi connectivity index (χ2n) is 4.91. The molecule has 0 bridgehead atoms. The first-order chi connectivity index (χ1) is 9.95. The number of benzene rings is 1. The topological polar surface area (TPSA) is 70.1 Å². The van der Waals surface area contributed by atoms with E-state index in [0.29, 0.717) is 19.7 Å². The molecule has 0 aliphatic rings. The number of urea groups is 1. The van der Waals surface area contributed by atoms with Crippen molar-refractivity contribution < 1.29 is 19.4 Å². The van der Waals surface area contributed by atoms with Crippen molar-refractivity contribution in [2.24, 2.45) is 0 Å². The highest BCUT2D eigenvalue weighted by atomic mass is 16.5. The number of carboxylic acids is 1. The molecule has 1 N–H and O–H groups in total. The van der Waals surface area contributed by atoms with Gasteiger partial charge in [-0.05, 0) is 24.1 Å². The summed E-state index contributed by atoms with van der Waals surface area (Å²) in [6.45, 7) is 1.69. The summed E-state index contributed by atoms with van der Waals surface area (Å²) >= 11 is 0. The maximum absolute atomic E-state index is 12.1. The summed E-state index contributed by atoms with van der Waals surface area (Å²) in [4.78, 5) is 26.2. The normalized spacial score (nSPS) is 10.2. The van der Waals surface area contributed by atoms with Gasteiger partial charge in [-0.1, -0.05) is 12.1 Å². The van der Waals surface area contributed by atoms with E-state index >= 15 is 0 Å². The number of hydrogen-bond acceptors (Lipinski definition) is 3. The van der Waals surface area contributed by atoms with Gasteiger partial charge in [0.15, 0.2) is 0 Å². The third kappa shape index (κ3) is 5.43. The molecule has 0 fully saturated rings. The summed E-state index contributed by atoms with van der Waals surface area (Å²) in [5.74, 6) is -0.955. The van der Waals surface area contributed by atoms with Crippen molar-refractivity contribution in [1.29, 1.82) is 0 Å². The summed E-state index contributed by atoms with van der Waals surface area (Å²) in [5.41, 5.74) is 1.13. The van der Waals surface area contributed by atoms with Crippen LogP contribution < -0.4 is 0 Å². The van der Waals surface area contributed by atoms with Gasteiger partial charge in [0.2, 0.25) is 0 Å². The number of nitrogens with zero attached hydrogens (tertiary/aromatic N) is 2. The number of hydrogen-bond donors (Lipinski definition) is 1. The molecule has 1 rings (SSSR count). The van der Waals surface area contributed by atoms with Gasteiger partial charge in [-0.25, -0.2) is 9.59 Å².